The van der Waals surface area contributed by atoms with Gasteiger partial charge >= 0.3 is 0 Å². The third-order valence-corrected chi connectivity index (χ3v) is 3.06. The van der Waals surface area contributed by atoms with Gasteiger partial charge in [-0.3, -0.25) is 4.79 Å². The summed E-state index contributed by atoms with van der Waals surface area (Å²) >= 11 is 0. The number of amides is 1. The summed E-state index contributed by atoms with van der Waals surface area (Å²) in [6.07, 6.45) is 1.05. The van der Waals surface area contributed by atoms with Crippen molar-refractivity contribution >= 4 is 11.6 Å². The molecule has 0 unspecified atom stereocenters. The van der Waals surface area contributed by atoms with Crippen molar-refractivity contribution in [1.29, 1.82) is 0 Å². The standard InChI is InChI=1S/C16H26N2O2/c1-12(2)7-9-20-10-8-18-16(19)14-11-13(3)5-6-15(14)17-4/h5-6,11-12,17H,7-10H2,1-4H3,(H,18,19). The van der Waals surface area contributed by atoms with E-state index in [-0.39, 0.29) is 5.91 Å². The molecule has 0 bridgehead atoms. The largest absolute Gasteiger partial charge is 0.387 e. The Morgan fingerprint density at radius 2 is 2.05 bits per heavy atom. The van der Waals surface area contributed by atoms with E-state index < -0.39 is 0 Å². The van der Waals surface area contributed by atoms with Crippen LogP contribution in [-0.2, 0) is 4.74 Å². The van der Waals surface area contributed by atoms with Gasteiger partial charge in [-0.2, -0.15) is 0 Å². The molecule has 0 radical (unpaired) electrons. The molecule has 0 saturated carbocycles. The normalized spacial score (nSPS) is 10.7. The van der Waals surface area contributed by atoms with Crippen LogP contribution in [0.15, 0.2) is 18.2 Å². The molecule has 0 saturated heterocycles. The lowest BCUT2D eigenvalue weighted by atomic mass is 10.1. The highest BCUT2D eigenvalue weighted by Crippen LogP contribution is 2.16. The molecule has 1 aromatic carbocycles. The predicted molar refractivity (Wildman–Crippen MR) is 83.3 cm³/mol. The van der Waals surface area contributed by atoms with Gasteiger partial charge in [-0.05, 0) is 31.4 Å². The van der Waals surface area contributed by atoms with Gasteiger partial charge < -0.3 is 15.4 Å². The van der Waals surface area contributed by atoms with Crippen LogP contribution < -0.4 is 10.6 Å². The first kappa shape index (κ1) is 16.5. The fourth-order valence-corrected chi connectivity index (χ4v) is 1.82. The van der Waals surface area contributed by atoms with Crippen LogP contribution in [0, 0.1) is 12.8 Å². The minimum absolute atomic E-state index is 0.0643. The quantitative estimate of drug-likeness (QED) is 0.719. The Morgan fingerprint density at radius 1 is 1.30 bits per heavy atom. The molecule has 112 valence electrons. The van der Waals surface area contributed by atoms with Crippen molar-refractivity contribution in [3.8, 4) is 0 Å². The molecule has 1 rings (SSSR count). The molecule has 1 aromatic rings. The van der Waals surface area contributed by atoms with Crippen LogP contribution in [0.1, 0.15) is 36.2 Å². The van der Waals surface area contributed by atoms with Gasteiger partial charge in [-0.15, -0.1) is 0 Å². The number of hydrogen-bond acceptors (Lipinski definition) is 3. The Kier molecular flexibility index (Phi) is 7.09. The Balaban J connectivity index is 2.37. The van der Waals surface area contributed by atoms with E-state index in [4.69, 9.17) is 4.74 Å². The van der Waals surface area contributed by atoms with Crippen molar-refractivity contribution in [2.75, 3.05) is 32.1 Å². The van der Waals surface area contributed by atoms with E-state index in [1.54, 1.807) is 0 Å². The fraction of sp³-hybridized carbons (Fsp3) is 0.562. The third kappa shape index (κ3) is 5.61. The van der Waals surface area contributed by atoms with Gasteiger partial charge in [0, 0.05) is 25.9 Å². The van der Waals surface area contributed by atoms with E-state index in [2.05, 4.69) is 24.5 Å². The monoisotopic (exact) mass is 278 g/mol. The van der Waals surface area contributed by atoms with Crippen LogP contribution in [-0.4, -0.2) is 32.7 Å². The van der Waals surface area contributed by atoms with Crippen LogP contribution >= 0.6 is 0 Å². The molecule has 4 nitrogen and oxygen atoms in total. The SMILES string of the molecule is CNc1ccc(C)cc1C(=O)NCCOCCC(C)C. The highest BCUT2D eigenvalue weighted by Gasteiger charge is 2.10. The van der Waals surface area contributed by atoms with Crippen LogP contribution in [0.25, 0.3) is 0 Å². The maximum absolute atomic E-state index is 12.1. The lowest BCUT2D eigenvalue weighted by Crippen LogP contribution is -2.28. The van der Waals surface area contributed by atoms with E-state index in [0.29, 0.717) is 24.6 Å². The fourth-order valence-electron chi connectivity index (χ4n) is 1.82. The Hall–Kier alpha value is -1.55. The second kappa shape index (κ2) is 8.59. The first-order valence-electron chi connectivity index (χ1n) is 7.19. The number of anilines is 1. The first-order chi connectivity index (χ1) is 9.54. The van der Waals surface area contributed by atoms with Crippen molar-refractivity contribution in [1.82, 2.24) is 5.32 Å². The number of aryl methyl sites for hydroxylation is 1. The lowest BCUT2D eigenvalue weighted by Gasteiger charge is -2.11. The van der Waals surface area contributed by atoms with Gasteiger partial charge in [0.05, 0.1) is 12.2 Å². The average Bonchev–Trinajstić information content (AvgIpc) is 2.42. The molecular formula is C16H26N2O2. The number of benzene rings is 1. The van der Waals surface area contributed by atoms with E-state index in [9.17, 15) is 4.79 Å². The maximum atomic E-state index is 12.1. The summed E-state index contributed by atoms with van der Waals surface area (Å²) in [5.41, 5.74) is 2.59. The molecule has 0 aliphatic carbocycles. The molecule has 0 fully saturated rings. The van der Waals surface area contributed by atoms with E-state index in [1.165, 1.54) is 0 Å². The van der Waals surface area contributed by atoms with Crippen molar-refractivity contribution in [2.45, 2.75) is 27.2 Å². The molecule has 0 heterocycles. The van der Waals surface area contributed by atoms with Crippen LogP contribution in [0.4, 0.5) is 5.69 Å². The van der Waals surface area contributed by atoms with Gasteiger partial charge in [-0.1, -0.05) is 25.5 Å². The lowest BCUT2D eigenvalue weighted by molar-refractivity contribution is 0.0906. The summed E-state index contributed by atoms with van der Waals surface area (Å²) in [5.74, 6) is 0.584. The summed E-state index contributed by atoms with van der Waals surface area (Å²) < 4.78 is 5.48. The molecule has 0 aliphatic rings. The van der Waals surface area contributed by atoms with Gasteiger partial charge in [-0.25, -0.2) is 0 Å². The number of carbonyl (C=O) groups is 1. The van der Waals surface area contributed by atoms with Crippen molar-refractivity contribution < 1.29 is 9.53 Å². The average molecular weight is 278 g/mol. The molecule has 4 heteroatoms. The summed E-state index contributed by atoms with van der Waals surface area (Å²) in [6.45, 7) is 8.16. The molecule has 0 aliphatic heterocycles. The highest BCUT2D eigenvalue weighted by molar-refractivity contribution is 5.99. The van der Waals surface area contributed by atoms with Crippen LogP contribution in [0.2, 0.25) is 0 Å². The zero-order valence-electron chi connectivity index (χ0n) is 13.0. The topological polar surface area (TPSA) is 50.4 Å². The molecule has 2 N–H and O–H groups in total. The van der Waals surface area contributed by atoms with E-state index in [0.717, 1.165) is 24.3 Å². The van der Waals surface area contributed by atoms with Gasteiger partial charge in [0.15, 0.2) is 0 Å². The number of rotatable bonds is 8. The summed E-state index contributed by atoms with van der Waals surface area (Å²) in [7, 11) is 1.82. The maximum Gasteiger partial charge on any atom is 0.253 e. The van der Waals surface area contributed by atoms with E-state index >= 15 is 0 Å². The molecule has 0 atom stereocenters. The second-order valence-electron chi connectivity index (χ2n) is 5.35. The Bertz CT molecular complexity index is 430. The number of carbonyl (C=O) groups excluding carboxylic acids is 1. The summed E-state index contributed by atoms with van der Waals surface area (Å²) in [5, 5.41) is 5.92. The Labute approximate surface area is 121 Å². The summed E-state index contributed by atoms with van der Waals surface area (Å²) in [4.78, 5) is 12.1. The van der Waals surface area contributed by atoms with Gasteiger partial charge in [0.25, 0.3) is 5.91 Å². The second-order valence-corrected chi connectivity index (χ2v) is 5.35. The molecular weight excluding hydrogens is 252 g/mol. The number of ether oxygens (including phenoxy) is 1. The molecule has 0 aromatic heterocycles. The molecule has 1 amide bonds. The van der Waals surface area contributed by atoms with Crippen LogP contribution in [0.3, 0.4) is 0 Å². The number of hydrogen-bond donors (Lipinski definition) is 2. The van der Waals surface area contributed by atoms with E-state index in [1.807, 2.05) is 32.2 Å². The minimum Gasteiger partial charge on any atom is -0.387 e. The highest BCUT2D eigenvalue weighted by atomic mass is 16.5. The van der Waals surface area contributed by atoms with Crippen molar-refractivity contribution in [3.05, 3.63) is 29.3 Å². The van der Waals surface area contributed by atoms with Gasteiger partial charge in [0.2, 0.25) is 0 Å². The molecule has 0 spiro atoms. The first-order valence-corrected chi connectivity index (χ1v) is 7.19. The Morgan fingerprint density at radius 3 is 2.70 bits per heavy atom. The number of nitrogens with one attached hydrogen (secondary N) is 2. The van der Waals surface area contributed by atoms with Crippen molar-refractivity contribution in [3.63, 3.8) is 0 Å². The van der Waals surface area contributed by atoms with Crippen LogP contribution in [0.5, 0.6) is 0 Å². The predicted octanol–water partition coefficient (Wildman–Crippen LogP) is 2.83. The summed E-state index contributed by atoms with van der Waals surface area (Å²) in [6, 6.07) is 5.79. The van der Waals surface area contributed by atoms with Crippen molar-refractivity contribution in [2.24, 2.45) is 5.92 Å². The molecule has 20 heavy (non-hydrogen) atoms. The zero-order valence-corrected chi connectivity index (χ0v) is 13.0. The zero-order chi connectivity index (χ0) is 15.0. The minimum atomic E-state index is -0.0643. The smallest absolute Gasteiger partial charge is 0.253 e. The van der Waals surface area contributed by atoms with Gasteiger partial charge in [0.1, 0.15) is 0 Å². The third-order valence-electron chi connectivity index (χ3n) is 3.06.